The molecule has 1 aliphatic heterocycles. The Hall–Kier alpha value is -3.56. The van der Waals surface area contributed by atoms with Crippen LogP contribution in [0.4, 0.5) is 13.2 Å². The average Bonchev–Trinajstić information content (AvgIpc) is 3.39. The van der Waals surface area contributed by atoms with Crippen molar-refractivity contribution in [2.75, 3.05) is 6.54 Å². The van der Waals surface area contributed by atoms with E-state index in [0.717, 1.165) is 10.1 Å². The van der Waals surface area contributed by atoms with Gasteiger partial charge < -0.3 is 18.6 Å². The second-order valence-electron chi connectivity index (χ2n) is 6.97. The normalized spacial score (nSPS) is 13.7. The topological polar surface area (TPSA) is 73.4 Å². The van der Waals surface area contributed by atoms with E-state index in [-0.39, 0.29) is 37.8 Å². The molecule has 0 spiro atoms. The van der Waals surface area contributed by atoms with Gasteiger partial charge in [0.25, 0.3) is 5.91 Å². The van der Waals surface area contributed by atoms with Crippen LogP contribution in [0.2, 0.25) is 0 Å². The predicted octanol–water partition coefficient (Wildman–Crippen LogP) is 3.85. The Morgan fingerprint density at radius 2 is 2.00 bits per heavy atom. The summed E-state index contributed by atoms with van der Waals surface area (Å²) < 4.78 is 51.3. The number of hydrogen-bond donors (Lipinski definition) is 0. The quantitative estimate of drug-likeness (QED) is 0.553. The fourth-order valence-corrected chi connectivity index (χ4v) is 3.38. The molecule has 0 bridgehead atoms. The van der Waals surface area contributed by atoms with Crippen LogP contribution >= 0.6 is 0 Å². The van der Waals surface area contributed by atoms with Gasteiger partial charge in [-0.2, -0.15) is 13.2 Å². The van der Waals surface area contributed by atoms with Crippen molar-refractivity contribution in [3.63, 3.8) is 0 Å². The van der Waals surface area contributed by atoms with E-state index in [1.807, 2.05) is 24.3 Å². The zero-order valence-corrected chi connectivity index (χ0v) is 16.4. The highest BCUT2D eigenvalue weighted by Crippen LogP contribution is 2.29. The van der Waals surface area contributed by atoms with Crippen molar-refractivity contribution in [1.29, 1.82) is 0 Å². The van der Waals surface area contributed by atoms with Crippen molar-refractivity contribution in [1.82, 2.24) is 19.7 Å². The third-order valence-electron chi connectivity index (χ3n) is 4.87. The molecule has 0 unspecified atom stereocenters. The maximum Gasteiger partial charge on any atom is 0.451 e. The monoisotopic (exact) mass is 432 g/mol. The van der Waals surface area contributed by atoms with Crippen molar-refractivity contribution in [3.05, 3.63) is 77.8 Å². The van der Waals surface area contributed by atoms with Crippen LogP contribution in [0.5, 0.6) is 5.75 Å². The van der Waals surface area contributed by atoms with Crippen LogP contribution in [-0.2, 0) is 32.3 Å². The van der Waals surface area contributed by atoms with Gasteiger partial charge in [0.05, 0.1) is 6.54 Å². The van der Waals surface area contributed by atoms with Crippen molar-refractivity contribution < 1.29 is 27.1 Å². The van der Waals surface area contributed by atoms with Gasteiger partial charge in [0.15, 0.2) is 11.6 Å². The second kappa shape index (κ2) is 8.29. The number of fused-ring (bicyclic) bond motifs is 1. The Kier molecular flexibility index (Phi) is 5.53. The van der Waals surface area contributed by atoms with Gasteiger partial charge in [-0.25, -0.2) is 0 Å². The number of amides is 1. The summed E-state index contributed by atoms with van der Waals surface area (Å²) in [5, 5.41) is 6.80. The maximum atomic E-state index is 13.0. The first-order chi connectivity index (χ1) is 14.9. The van der Waals surface area contributed by atoms with Crippen LogP contribution in [0.1, 0.15) is 33.5 Å². The van der Waals surface area contributed by atoms with E-state index >= 15 is 0 Å². The first-order valence-corrected chi connectivity index (χ1v) is 9.55. The Bertz CT molecular complexity index is 1100. The van der Waals surface area contributed by atoms with Gasteiger partial charge in [-0.3, -0.25) is 4.79 Å². The molecule has 4 rings (SSSR count). The summed E-state index contributed by atoms with van der Waals surface area (Å²) in [6.45, 7) is 3.83. The van der Waals surface area contributed by atoms with E-state index in [4.69, 9.17) is 9.15 Å². The van der Waals surface area contributed by atoms with Crippen molar-refractivity contribution in [2.45, 2.75) is 32.3 Å². The molecule has 0 aliphatic carbocycles. The van der Waals surface area contributed by atoms with E-state index in [9.17, 15) is 18.0 Å². The number of benzene rings is 1. The molecule has 2 aromatic heterocycles. The number of carbonyl (C=O) groups is 1. The van der Waals surface area contributed by atoms with Gasteiger partial charge in [-0.15, -0.1) is 16.8 Å². The summed E-state index contributed by atoms with van der Waals surface area (Å²) in [4.78, 5) is 14.1. The highest BCUT2D eigenvalue weighted by Gasteiger charge is 2.40. The molecule has 1 aliphatic rings. The molecule has 162 valence electrons. The van der Waals surface area contributed by atoms with Gasteiger partial charge in [0, 0.05) is 13.1 Å². The van der Waals surface area contributed by atoms with Gasteiger partial charge in [0.1, 0.15) is 18.1 Å². The Balaban J connectivity index is 1.41. The molecule has 0 saturated carbocycles. The highest BCUT2D eigenvalue weighted by atomic mass is 19.4. The first-order valence-electron chi connectivity index (χ1n) is 9.55. The number of carbonyl (C=O) groups excluding carboxylic acids is 1. The number of hydrogen-bond acceptors (Lipinski definition) is 5. The minimum Gasteiger partial charge on any atom is -0.485 e. The smallest absolute Gasteiger partial charge is 0.451 e. The van der Waals surface area contributed by atoms with Gasteiger partial charge in [-0.05, 0) is 30.2 Å². The molecule has 0 atom stereocenters. The third kappa shape index (κ3) is 4.32. The van der Waals surface area contributed by atoms with Gasteiger partial charge in [-0.1, -0.05) is 24.3 Å². The average molecular weight is 432 g/mol. The minimum atomic E-state index is -4.59. The molecule has 0 N–H and O–H groups in total. The minimum absolute atomic E-state index is 0.0420. The molecular weight excluding hydrogens is 413 g/mol. The number of alkyl halides is 3. The number of aromatic nitrogens is 3. The van der Waals surface area contributed by atoms with Crippen LogP contribution < -0.4 is 4.74 Å². The molecule has 7 nitrogen and oxygen atoms in total. The number of furan rings is 1. The molecule has 0 radical (unpaired) electrons. The Morgan fingerprint density at radius 3 is 2.77 bits per heavy atom. The second-order valence-corrected chi connectivity index (χ2v) is 6.97. The molecule has 0 saturated heterocycles. The van der Waals surface area contributed by atoms with Gasteiger partial charge in [0.2, 0.25) is 5.82 Å². The van der Waals surface area contributed by atoms with E-state index < -0.39 is 17.9 Å². The standard InChI is InChI=1S/C21H19F3N4O3/c1-2-5-14-6-3-4-7-16(14)30-13-15-8-9-17(31-15)19(29)27-10-11-28-18(12-27)25-26-20(28)21(22,23)24/h2-4,6-9H,1,5,10-13H2. The van der Waals surface area contributed by atoms with Crippen LogP contribution in [0.3, 0.4) is 0 Å². The summed E-state index contributed by atoms with van der Waals surface area (Å²) in [6, 6.07) is 10.7. The van der Waals surface area contributed by atoms with Gasteiger partial charge >= 0.3 is 6.18 Å². The fourth-order valence-electron chi connectivity index (χ4n) is 3.38. The van der Waals surface area contributed by atoms with E-state index in [0.29, 0.717) is 17.9 Å². The summed E-state index contributed by atoms with van der Waals surface area (Å²) in [5.74, 6) is -0.161. The zero-order valence-electron chi connectivity index (χ0n) is 16.4. The number of ether oxygens (including phenoxy) is 1. The lowest BCUT2D eigenvalue weighted by molar-refractivity contribution is -0.147. The lowest BCUT2D eigenvalue weighted by atomic mass is 10.1. The van der Waals surface area contributed by atoms with Crippen molar-refractivity contribution in [3.8, 4) is 5.75 Å². The van der Waals surface area contributed by atoms with Crippen LogP contribution in [0, 0.1) is 0 Å². The molecule has 1 amide bonds. The largest absolute Gasteiger partial charge is 0.485 e. The number of allylic oxidation sites excluding steroid dienone is 1. The molecule has 0 fully saturated rings. The molecule has 10 heteroatoms. The third-order valence-corrected chi connectivity index (χ3v) is 4.87. The molecule has 31 heavy (non-hydrogen) atoms. The van der Waals surface area contributed by atoms with Crippen LogP contribution in [0.25, 0.3) is 0 Å². The summed E-state index contributed by atoms with van der Waals surface area (Å²) in [7, 11) is 0. The number of rotatable bonds is 6. The predicted molar refractivity (Wildman–Crippen MR) is 103 cm³/mol. The fraction of sp³-hybridized carbons (Fsp3) is 0.286. The molecule has 1 aromatic carbocycles. The molecular formula is C21H19F3N4O3. The van der Waals surface area contributed by atoms with E-state index in [1.165, 1.54) is 11.0 Å². The maximum absolute atomic E-state index is 13.0. The van der Waals surface area contributed by atoms with E-state index in [2.05, 4.69) is 16.8 Å². The van der Waals surface area contributed by atoms with E-state index in [1.54, 1.807) is 12.1 Å². The number of para-hydroxylation sites is 1. The zero-order chi connectivity index (χ0) is 22.0. The van der Waals surface area contributed by atoms with Crippen molar-refractivity contribution in [2.24, 2.45) is 0 Å². The summed E-state index contributed by atoms with van der Waals surface area (Å²) >= 11 is 0. The van der Waals surface area contributed by atoms with Crippen molar-refractivity contribution >= 4 is 5.91 Å². The summed E-state index contributed by atoms with van der Waals surface area (Å²) in [5.41, 5.74) is 0.982. The van der Waals surface area contributed by atoms with Crippen LogP contribution in [0.15, 0.2) is 53.5 Å². The molecule has 3 aromatic rings. The first kappa shape index (κ1) is 20.7. The number of nitrogens with zero attached hydrogens (tertiary/aromatic N) is 4. The lowest BCUT2D eigenvalue weighted by Gasteiger charge is -2.27. The summed E-state index contributed by atoms with van der Waals surface area (Å²) in [6.07, 6.45) is -2.14. The Morgan fingerprint density at radius 1 is 1.19 bits per heavy atom. The SMILES string of the molecule is C=CCc1ccccc1OCc1ccc(C(=O)N2CCn3c(nnc3C(F)(F)F)C2)o1. The molecule has 3 heterocycles. The lowest BCUT2D eigenvalue weighted by Crippen LogP contribution is -2.39. The highest BCUT2D eigenvalue weighted by molar-refractivity contribution is 5.91. The Labute approximate surface area is 175 Å². The van der Waals surface area contributed by atoms with Crippen LogP contribution in [-0.4, -0.2) is 32.1 Å². The number of halogens is 3.